The van der Waals surface area contributed by atoms with Gasteiger partial charge in [-0.2, -0.15) is 0 Å². The van der Waals surface area contributed by atoms with Crippen LogP contribution in [0.4, 0.5) is 0 Å². The lowest BCUT2D eigenvalue weighted by molar-refractivity contribution is -0.201. The normalized spacial score (nSPS) is 31.7. The molecule has 0 radical (unpaired) electrons. The predicted octanol–water partition coefficient (Wildman–Crippen LogP) is 5.13. The maximum absolute atomic E-state index is 14.0. The van der Waals surface area contributed by atoms with Crippen molar-refractivity contribution in [3.8, 4) is 11.5 Å². The Balaban J connectivity index is 1.29. The van der Waals surface area contributed by atoms with Gasteiger partial charge in [-0.05, 0) is 87.1 Å². The molecular weight excluding hydrogens is 512 g/mol. The average Bonchev–Trinajstić information content (AvgIpc) is 3.69. The minimum Gasteiger partial charge on any atom is -0.493 e. The largest absolute Gasteiger partial charge is 0.493 e. The van der Waals surface area contributed by atoms with Crippen LogP contribution in [0.5, 0.6) is 11.5 Å². The van der Waals surface area contributed by atoms with Crippen molar-refractivity contribution in [1.29, 1.82) is 0 Å². The van der Waals surface area contributed by atoms with Gasteiger partial charge in [0, 0.05) is 30.8 Å². The summed E-state index contributed by atoms with van der Waals surface area (Å²) in [7, 11) is 1.69. The number of nitrogens with zero attached hydrogens (tertiary/aromatic N) is 2. The summed E-state index contributed by atoms with van der Waals surface area (Å²) >= 11 is 0. The maximum Gasteiger partial charge on any atom is 0.246 e. The lowest BCUT2D eigenvalue weighted by Gasteiger charge is -2.65. The summed E-state index contributed by atoms with van der Waals surface area (Å²) in [5, 5.41) is 12.9. The highest BCUT2D eigenvalue weighted by Crippen LogP contribution is 2.66. The van der Waals surface area contributed by atoms with Crippen molar-refractivity contribution in [2.75, 3.05) is 26.7 Å². The van der Waals surface area contributed by atoms with Gasteiger partial charge in [0.1, 0.15) is 6.10 Å². The van der Waals surface area contributed by atoms with E-state index in [0.29, 0.717) is 18.9 Å². The van der Waals surface area contributed by atoms with E-state index in [9.17, 15) is 9.90 Å². The van der Waals surface area contributed by atoms with Crippen LogP contribution in [0.25, 0.3) is 6.08 Å². The van der Waals surface area contributed by atoms with E-state index < -0.39 is 11.0 Å². The number of likely N-dealkylation sites (tertiary alicyclic amines) is 1. The SMILES string of the molecule is COc1ccc2c3c1O[C@H]1[C@@H](N(CC(C)C)C(=O)C=Cc4cccc(C)c4)CC[C@@]4(O)[C@@H](C2)N(CC2CC2)CC[C@]314. The zero-order valence-corrected chi connectivity index (χ0v) is 24.9. The number of methoxy groups -OCH3 is 1. The monoisotopic (exact) mass is 556 g/mol. The van der Waals surface area contributed by atoms with Crippen molar-refractivity contribution in [2.45, 2.75) is 88.5 Å². The minimum absolute atomic E-state index is 0.0114. The van der Waals surface area contributed by atoms with E-state index in [1.807, 2.05) is 29.2 Å². The van der Waals surface area contributed by atoms with Crippen molar-refractivity contribution in [3.63, 3.8) is 0 Å². The highest BCUT2D eigenvalue weighted by molar-refractivity contribution is 5.92. The third-order valence-electron chi connectivity index (χ3n) is 10.6. The molecule has 1 saturated heterocycles. The van der Waals surface area contributed by atoms with Crippen LogP contribution >= 0.6 is 0 Å². The Morgan fingerprint density at radius 1 is 1.22 bits per heavy atom. The molecule has 5 atom stereocenters. The number of carbonyl (C=O) groups excluding carboxylic acids is 1. The number of aryl methyl sites for hydroxylation is 1. The number of benzene rings is 2. The second kappa shape index (κ2) is 9.88. The van der Waals surface area contributed by atoms with Gasteiger partial charge in [-0.1, -0.05) is 49.7 Å². The summed E-state index contributed by atoms with van der Waals surface area (Å²) in [5.74, 6) is 2.61. The molecule has 0 aromatic heterocycles. The molecule has 1 N–H and O–H groups in total. The first-order valence-electron chi connectivity index (χ1n) is 15.6. The van der Waals surface area contributed by atoms with Crippen molar-refractivity contribution in [2.24, 2.45) is 11.8 Å². The van der Waals surface area contributed by atoms with Crippen LogP contribution in [0.3, 0.4) is 0 Å². The van der Waals surface area contributed by atoms with Crippen LogP contribution in [-0.4, -0.2) is 71.3 Å². The first-order valence-corrected chi connectivity index (χ1v) is 15.6. The number of ether oxygens (including phenoxy) is 2. The van der Waals surface area contributed by atoms with E-state index in [2.05, 4.69) is 43.9 Å². The first kappa shape index (κ1) is 27.0. The molecule has 2 bridgehead atoms. The summed E-state index contributed by atoms with van der Waals surface area (Å²) in [6.45, 7) is 9.09. The molecule has 5 aliphatic rings. The molecule has 2 aromatic carbocycles. The Morgan fingerprint density at radius 3 is 2.78 bits per heavy atom. The van der Waals surface area contributed by atoms with Crippen LogP contribution in [0, 0.1) is 18.8 Å². The molecule has 1 amide bonds. The fourth-order valence-corrected chi connectivity index (χ4v) is 8.74. The molecule has 2 saturated carbocycles. The number of amides is 1. The van der Waals surface area contributed by atoms with Gasteiger partial charge in [-0.15, -0.1) is 0 Å². The fraction of sp³-hybridized carbons (Fsp3) is 0.571. The molecule has 2 heterocycles. The summed E-state index contributed by atoms with van der Waals surface area (Å²) < 4.78 is 12.8. The van der Waals surface area contributed by atoms with E-state index in [-0.39, 0.29) is 24.1 Å². The third kappa shape index (κ3) is 4.16. The Hall–Kier alpha value is -2.83. The van der Waals surface area contributed by atoms with Crippen LogP contribution in [0.2, 0.25) is 0 Å². The Labute approximate surface area is 244 Å². The van der Waals surface area contributed by atoms with Gasteiger partial charge >= 0.3 is 0 Å². The highest BCUT2D eigenvalue weighted by atomic mass is 16.5. The smallest absolute Gasteiger partial charge is 0.246 e. The third-order valence-corrected chi connectivity index (χ3v) is 10.6. The molecule has 3 aliphatic carbocycles. The molecule has 2 aromatic rings. The van der Waals surface area contributed by atoms with Crippen molar-refractivity contribution in [3.05, 3.63) is 64.7 Å². The summed E-state index contributed by atoms with van der Waals surface area (Å²) in [5.41, 5.74) is 3.19. The number of aliphatic hydroxyl groups is 1. The topological polar surface area (TPSA) is 62.2 Å². The highest BCUT2D eigenvalue weighted by Gasteiger charge is 2.73. The predicted molar refractivity (Wildman–Crippen MR) is 160 cm³/mol. The van der Waals surface area contributed by atoms with Gasteiger partial charge in [0.05, 0.1) is 24.2 Å². The molecule has 1 spiro atoms. The minimum atomic E-state index is -0.893. The number of piperidine rings is 1. The second-order valence-corrected chi connectivity index (χ2v) is 13.7. The first-order chi connectivity index (χ1) is 19.7. The Morgan fingerprint density at radius 2 is 2.05 bits per heavy atom. The number of carbonyl (C=O) groups is 1. The number of rotatable bonds is 8. The molecule has 7 rings (SSSR count). The van der Waals surface area contributed by atoms with E-state index in [4.69, 9.17) is 9.47 Å². The van der Waals surface area contributed by atoms with E-state index in [1.54, 1.807) is 13.2 Å². The zero-order valence-electron chi connectivity index (χ0n) is 24.9. The molecule has 218 valence electrons. The van der Waals surface area contributed by atoms with Gasteiger partial charge in [0.15, 0.2) is 11.5 Å². The van der Waals surface area contributed by atoms with Gasteiger partial charge < -0.3 is 19.5 Å². The van der Waals surface area contributed by atoms with Crippen molar-refractivity contribution < 1.29 is 19.4 Å². The fourth-order valence-electron chi connectivity index (χ4n) is 8.74. The standard InChI is InChI=1S/C35H44N2O4/c1-22(2)20-37(30(38)13-10-24-7-5-6-23(3)18-24)27-14-15-35(39)29-19-26-11-12-28(40-4)32-31(26)34(35,33(27)41-32)16-17-36(29)21-25-8-9-25/h5-7,10-13,18,22,25,27,29,33,39H,8-9,14-17,19-21H2,1-4H3/t27-,29+,33-,34-,35+/m0/s1. The summed E-state index contributed by atoms with van der Waals surface area (Å²) in [6.07, 6.45) is 9.02. The molecule has 41 heavy (non-hydrogen) atoms. The van der Waals surface area contributed by atoms with Gasteiger partial charge in [-0.3, -0.25) is 9.69 Å². The van der Waals surface area contributed by atoms with Crippen LogP contribution < -0.4 is 9.47 Å². The number of hydrogen-bond acceptors (Lipinski definition) is 5. The summed E-state index contributed by atoms with van der Waals surface area (Å²) in [4.78, 5) is 18.6. The molecule has 0 unspecified atom stereocenters. The zero-order chi connectivity index (χ0) is 28.5. The molecule has 6 nitrogen and oxygen atoms in total. The van der Waals surface area contributed by atoms with E-state index >= 15 is 0 Å². The lowest BCUT2D eigenvalue weighted by atomic mass is 9.48. The van der Waals surface area contributed by atoms with Crippen LogP contribution in [-0.2, 0) is 16.6 Å². The molecule has 3 fully saturated rings. The van der Waals surface area contributed by atoms with Gasteiger partial charge in [0.2, 0.25) is 5.91 Å². The second-order valence-electron chi connectivity index (χ2n) is 13.7. The van der Waals surface area contributed by atoms with Crippen LogP contribution in [0.1, 0.15) is 68.2 Å². The summed E-state index contributed by atoms with van der Waals surface area (Å²) in [6, 6.07) is 12.4. The van der Waals surface area contributed by atoms with Gasteiger partial charge in [0.25, 0.3) is 0 Å². The molecule has 2 aliphatic heterocycles. The maximum atomic E-state index is 14.0. The Bertz CT molecular complexity index is 1380. The molecular formula is C35H44N2O4. The average molecular weight is 557 g/mol. The van der Waals surface area contributed by atoms with Crippen molar-refractivity contribution in [1.82, 2.24) is 9.80 Å². The quantitative estimate of drug-likeness (QED) is 0.457. The van der Waals surface area contributed by atoms with Gasteiger partial charge in [-0.25, -0.2) is 0 Å². The van der Waals surface area contributed by atoms with Crippen LogP contribution in [0.15, 0.2) is 42.5 Å². The van der Waals surface area contributed by atoms with E-state index in [1.165, 1.54) is 24.0 Å². The lowest BCUT2D eigenvalue weighted by Crippen LogP contribution is -2.78. The van der Waals surface area contributed by atoms with Crippen molar-refractivity contribution >= 4 is 12.0 Å². The number of hydrogen-bond donors (Lipinski definition) is 1. The Kier molecular flexibility index (Phi) is 6.51. The van der Waals surface area contributed by atoms with E-state index in [0.717, 1.165) is 60.9 Å². The molecule has 6 heteroatoms.